The Bertz CT molecular complexity index is 346. The Morgan fingerprint density at radius 3 is 2.43 bits per heavy atom. The number of rotatable bonds is 4. The van der Waals surface area contributed by atoms with Gasteiger partial charge in [-0.05, 0) is 6.42 Å². The van der Waals surface area contributed by atoms with Crippen LogP contribution in [0.4, 0.5) is 0 Å². The van der Waals surface area contributed by atoms with Crippen molar-refractivity contribution in [3.05, 3.63) is 0 Å². The molecule has 0 aromatic carbocycles. The molecule has 0 radical (unpaired) electrons. The van der Waals surface area contributed by atoms with Crippen molar-refractivity contribution < 1.29 is 18.0 Å². The van der Waals surface area contributed by atoms with Crippen molar-refractivity contribution in [1.82, 2.24) is 4.90 Å². The third-order valence-corrected chi connectivity index (χ3v) is 3.04. The van der Waals surface area contributed by atoms with Crippen LogP contribution in [0.1, 0.15) is 12.8 Å². The lowest BCUT2D eigenvalue weighted by atomic mass is 10.3. The van der Waals surface area contributed by atoms with Crippen LogP contribution in [-0.2, 0) is 19.4 Å². The van der Waals surface area contributed by atoms with Gasteiger partial charge >= 0.3 is 0 Å². The number of sulfone groups is 1. The number of hydrogen-bond donors (Lipinski definition) is 0. The molecular formula is C8H13NO4S. The van der Waals surface area contributed by atoms with Gasteiger partial charge in [-0.15, -0.1) is 0 Å². The number of nitrogens with zero attached hydrogens (tertiary/aromatic N) is 1. The lowest BCUT2D eigenvalue weighted by Crippen LogP contribution is -2.27. The van der Waals surface area contributed by atoms with Crippen LogP contribution in [-0.4, -0.2) is 50.1 Å². The van der Waals surface area contributed by atoms with E-state index in [9.17, 15) is 18.0 Å². The van der Waals surface area contributed by atoms with Crippen molar-refractivity contribution in [1.29, 1.82) is 0 Å². The van der Waals surface area contributed by atoms with Crippen LogP contribution in [0.5, 0.6) is 0 Å². The maximum absolute atomic E-state index is 11.1. The normalized spacial score (nSPS) is 17.9. The van der Waals surface area contributed by atoms with Crippen LogP contribution in [0, 0.1) is 0 Å². The molecule has 0 unspecified atom stereocenters. The molecule has 1 aliphatic rings. The van der Waals surface area contributed by atoms with Gasteiger partial charge in [0, 0.05) is 12.8 Å². The predicted octanol–water partition coefficient (Wildman–Crippen LogP) is -0.777. The topological polar surface area (TPSA) is 71.5 Å². The molecule has 1 aliphatic heterocycles. The van der Waals surface area contributed by atoms with Gasteiger partial charge in [-0.2, -0.15) is 0 Å². The SMILES string of the molecule is CS(=O)(=O)CCCN1CC(=O)CC1=O. The van der Waals surface area contributed by atoms with Crippen molar-refractivity contribution in [2.75, 3.05) is 25.1 Å². The molecule has 1 heterocycles. The molecule has 0 N–H and O–H groups in total. The average Bonchev–Trinajstić information content (AvgIpc) is 2.27. The molecule has 6 heteroatoms. The summed E-state index contributed by atoms with van der Waals surface area (Å²) in [6.45, 7) is 0.500. The van der Waals surface area contributed by atoms with Gasteiger partial charge in [-0.25, -0.2) is 8.42 Å². The number of ketones is 1. The first-order chi connectivity index (χ1) is 6.38. The fourth-order valence-corrected chi connectivity index (χ4v) is 2.01. The van der Waals surface area contributed by atoms with E-state index in [0.717, 1.165) is 6.26 Å². The van der Waals surface area contributed by atoms with E-state index in [2.05, 4.69) is 0 Å². The minimum absolute atomic E-state index is 0.0289. The van der Waals surface area contributed by atoms with Crippen LogP contribution < -0.4 is 0 Å². The highest BCUT2D eigenvalue weighted by Crippen LogP contribution is 2.07. The zero-order valence-corrected chi connectivity index (χ0v) is 8.84. The molecule has 0 spiro atoms. The maximum atomic E-state index is 11.1. The van der Waals surface area contributed by atoms with E-state index in [1.54, 1.807) is 0 Å². The highest BCUT2D eigenvalue weighted by Gasteiger charge is 2.26. The summed E-state index contributed by atoms with van der Waals surface area (Å²) in [6.07, 6.45) is 1.53. The van der Waals surface area contributed by atoms with E-state index >= 15 is 0 Å². The first kappa shape index (κ1) is 11.2. The number of carbonyl (C=O) groups is 2. The number of Topliss-reactive ketones (excluding diaryl/α,β-unsaturated/α-hetero) is 1. The van der Waals surface area contributed by atoms with Gasteiger partial charge in [0.05, 0.1) is 18.7 Å². The van der Waals surface area contributed by atoms with Crippen LogP contribution >= 0.6 is 0 Å². The molecule has 1 amide bonds. The smallest absolute Gasteiger partial charge is 0.230 e. The third kappa shape index (κ3) is 3.45. The summed E-state index contributed by atoms with van der Waals surface area (Å²) >= 11 is 0. The fourth-order valence-electron chi connectivity index (χ4n) is 1.36. The second-order valence-electron chi connectivity index (χ2n) is 3.51. The minimum atomic E-state index is -2.97. The van der Waals surface area contributed by atoms with E-state index in [4.69, 9.17) is 0 Å². The largest absolute Gasteiger partial charge is 0.335 e. The summed E-state index contributed by atoms with van der Waals surface area (Å²) in [5.74, 6) is -0.219. The first-order valence-electron chi connectivity index (χ1n) is 4.36. The fraction of sp³-hybridized carbons (Fsp3) is 0.750. The van der Waals surface area contributed by atoms with Gasteiger partial charge in [-0.1, -0.05) is 0 Å². The highest BCUT2D eigenvalue weighted by molar-refractivity contribution is 7.90. The number of carbonyl (C=O) groups excluding carboxylic acids is 2. The Hall–Kier alpha value is -0.910. The van der Waals surface area contributed by atoms with Gasteiger partial charge in [0.15, 0.2) is 5.78 Å². The zero-order chi connectivity index (χ0) is 10.8. The Balaban J connectivity index is 2.33. The van der Waals surface area contributed by atoms with Crippen molar-refractivity contribution in [2.45, 2.75) is 12.8 Å². The van der Waals surface area contributed by atoms with Gasteiger partial charge in [0.25, 0.3) is 0 Å². The van der Waals surface area contributed by atoms with Crippen molar-refractivity contribution in [3.63, 3.8) is 0 Å². The molecule has 1 rings (SSSR count). The molecule has 5 nitrogen and oxygen atoms in total. The second-order valence-corrected chi connectivity index (χ2v) is 5.77. The van der Waals surface area contributed by atoms with E-state index in [1.165, 1.54) is 4.90 Å². The summed E-state index contributed by atoms with van der Waals surface area (Å²) in [6, 6.07) is 0. The standard InChI is InChI=1S/C8H13NO4S/c1-14(12,13)4-2-3-9-6-7(10)5-8(9)11/h2-6H2,1H3. The Morgan fingerprint density at radius 1 is 1.36 bits per heavy atom. The van der Waals surface area contributed by atoms with Crippen LogP contribution in [0.15, 0.2) is 0 Å². The summed E-state index contributed by atoms with van der Waals surface area (Å²) < 4.78 is 21.6. The van der Waals surface area contributed by atoms with Crippen LogP contribution in [0.3, 0.4) is 0 Å². The van der Waals surface area contributed by atoms with Gasteiger partial charge in [0.2, 0.25) is 5.91 Å². The van der Waals surface area contributed by atoms with Gasteiger partial charge < -0.3 is 4.90 Å². The molecule has 80 valence electrons. The van der Waals surface area contributed by atoms with E-state index in [-0.39, 0.29) is 30.4 Å². The zero-order valence-electron chi connectivity index (χ0n) is 8.02. The minimum Gasteiger partial charge on any atom is -0.335 e. The monoisotopic (exact) mass is 219 g/mol. The molecule has 0 aliphatic carbocycles. The second kappa shape index (κ2) is 4.08. The molecule has 1 fully saturated rings. The number of likely N-dealkylation sites (tertiary alicyclic amines) is 1. The lowest BCUT2D eigenvalue weighted by Gasteiger charge is -2.13. The molecule has 0 aromatic heterocycles. The van der Waals surface area contributed by atoms with E-state index < -0.39 is 9.84 Å². The molecule has 0 atom stereocenters. The van der Waals surface area contributed by atoms with Gasteiger partial charge in [-0.3, -0.25) is 9.59 Å². The Kier molecular flexibility index (Phi) is 3.25. The van der Waals surface area contributed by atoms with Crippen LogP contribution in [0.2, 0.25) is 0 Å². The van der Waals surface area contributed by atoms with Crippen molar-refractivity contribution in [2.24, 2.45) is 0 Å². The third-order valence-electron chi connectivity index (χ3n) is 2.01. The summed E-state index contributed by atoms with van der Waals surface area (Å²) in [5.41, 5.74) is 0. The van der Waals surface area contributed by atoms with Gasteiger partial charge in [0.1, 0.15) is 9.84 Å². The predicted molar refractivity (Wildman–Crippen MR) is 50.5 cm³/mol. The molecule has 14 heavy (non-hydrogen) atoms. The first-order valence-corrected chi connectivity index (χ1v) is 6.42. The van der Waals surface area contributed by atoms with Crippen molar-refractivity contribution >= 4 is 21.5 Å². The summed E-state index contributed by atoms with van der Waals surface area (Å²) in [4.78, 5) is 23.3. The molecule has 0 aromatic rings. The number of hydrogen-bond acceptors (Lipinski definition) is 4. The summed E-state index contributed by atoms with van der Waals surface area (Å²) in [5, 5.41) is 0. The number of amides is 1. The molecular weight excluding hydrogens is 206 g/mol. The molecule has 1 saturated heterocycles. The van der Waals surface area contributed by atoms with E-state index in [0.29, 0.717) is 13.0 Å². The Labute approximate surface area is 83.0 Å². The maximum Gasteiger partial charge on any atom is 0.230 e. The van der Waals surface area contributed by atoms with Crippen molar-refractivity contribution in [3.8, 4) is 0 Å². The molecule has 0 bridgehead atoms. The van der Waals surface area contributed by atoms with Crippen LogP contribution in [0.25, 0.3) is 0 Å². The van der Waals surface area contributed by atoms with E-state index in [1.807, 2.05) is 0 Å². The molecule has 0 saturated carbocycles. The average molecular weight is 219 g/mol. The summed E-state index contributed by atoms with van der Waals surface area (Å²) in [7, 11) is -2.97. The highest BCUT2D eigenvalue weighted by atomic mass is 32.2. The lowest BCUT2D eigenvalue weighted by molar-refractivity contribution is -0.127. The quantitative estimate of drug-likeness (QED) is 0.582. The Morgan fingerprint density at radius 2 is 2.00 bits per heavy atom.